The number of ether oxygens (including phenoxy) is 1. The Bertz CT molecular complexity index is 413. The van der Waals surface area contributed by atoms with Crippen molar-refractivity contribution in [2.24, 2.45) is 5.73 Å². The fourth-order valence-electron chi connectivity index (χ4n) is 2.47. The standard InChI is InChI=1S/C13H20BrN3O/c1-9-5-12(14)13(16-8-9)17-4-3-11(18-2)6-10(17)7-15/h5,8,10-11H,3-4,6-7,15H2,1-2H3. The monoisotopic (exact) mass is 313 g/mol. The number of nitrogens with two attached hydrogens (primary N) is 1. The number of pyridine rings is 1. The highest BCUT2D eigenvalue weighted by atomic mass is 79.9. The Morgan fingerprint density at radius 2 is 2.39 bits per heavy atom. The van der Waals surface area contributed by atoms with Gasteiger partial charge in [-0.1, -0.05) is 0 Å². The quantitative estimate of drug-likeness (QED) is 0.928. The van der Waals surface area contributed by atoms with Crippen LogP contribution in [-0.4, -0.2) is 37.3 Å². The molecule has 0 spiro atoms. The molecule has 18 heavy (non-hydrogen) atoms. The fourth-order valence-corrected chi connectivity index (χ4v) is 3.16. The lowest BCUT2D eigenvalue weighted by Crippen LogP contribution is -2.49. The summed E-state index contributed by atoms with van der Waals surface area (Å²) in [6.07, 6.45) is 4.21. The van der Waals surface area contributed by atoms with Crippen LogP contribution in [0.2, 0.25) is 0 Å². The molecule has 1 fully saturated rings. The molecule has 0 radical (unpaired) electrons. The second-order valence-electron chi connectivity index (χ2n) is 4.78. The van der Waals surface area contributed by atoms with E-state index < -0.39 is 0 Å². The van der Waals surface area contributed by atoms with Crippen LogP contribution in [0.5, 0.6) is 0 Å². The summed E-state index contributed by atoms with van der Waals surface area (Å²) in [5.74, 6) is 0.991. The Morgan fingerprint density at radius 3 is 3.00 bits per heavy atom. The number of halogens is 1. The molecule has 0 bridgehead atoms. The van der Waals surface area contributed by atoms with E-state index in [0.717, 1.165) is 35.2 Å². The molecule has 0 aromatic carbocycles. The summed E-state index contributed by atoms with van der Waals surface area (Å²) in [5.41, 5.74) is 7.04. The molecule has 1 aromatic rings. The van der Waals surface area contributed by atoms with Crippen LogP contribution in [0.15, 0.2) is 16.7 Å². The van der Waals surface area contributed by atoms with Gasteiger partial charge in [0.1, 0.15) is 5.82 Å². The second-order valence-corrected chi connectivity index (χ2v) is 5.64. The van der Waals surface area contributed by atoms with Crippen LogP contribution in [-0.2, 0) is 4.74 Å². The molecule has 2 atom stereocenters. The highest BCUT2D eigenvalue weighted by Gasteiger charge is 2.29. The molecule has 2 rings (SSSR count). The number of aryl methyl sites for hydroxylation is 1. The topological polar surface area (TPSA) is 51.4 Å². The first-order chi connectivity index (χ1) is 8.65. The lowest BCUT2D eigenvalue weighted by molar-refractivity contribution is 0.0707. The first-order valence-electron chi connectivity index (χ1n) is 6.27. The van der Waals surface area contributed by atoms with Crippen LogP contribution in [0.4, 0.5) is 5.82 Å². The molecule has 1 aliphatic heterocycles. The molecular weight excluding hydrogens is 294 g/mol. The zero-order valence-electron chi connectivity index (χ0n) is 10.9. The van der Waals surface area contributed by atoms with E-state index in [-0.39, 0.29) is 0 Å². The normalized spacial score (nSPS) is 24.3. The number of nitrogens with zero attached hydrogens (tertiary/aromatic N) is 2. The average Bonchev–Trinajstić information content (AvgIpc) is 2.38. The Balaban J connectivity index is 2.21. The lowest BCUT2D eigenvalue weighted by atomic mass is 9.99. The summed E-state index contributed by atoms with van der Waals surface area (Å²) in [6, 6.07) is 2.40. The van der Waals surface area contributed by atoms with Gasteiger partial charge in [-0.2, -0.15) is 0 Å². The molecule has 0 amide bonds. The molecule has 0 saturated carbocycles. The van der Waals surface area contributed by atoms with Crippen LogP contribution in [0, 0.1) is 6.92 Å². The van der Waals surface area contributed by atoms with Gasteiger partial charge in [0.05, 0.1) is 10.6 Å². The number of hydrogen-bond donors (Lipinski definition) is 1. The summed E-state index contributed by atoms with van der Waals surface area (Å²) in [7, 11) is 1.77. The van der Waals surface area contributed by atoms with E-state index in [1.54, 1.807) is 7.11 Å². The largest absolute Gasteiger partial charge is 0.381 e. The Morgan fingerprint density at radius 1 is 1.61 bits per heavy atom. The molecule has 5 heteroatoms. The molecule has 0 aliphatic carbocycles. The molecule has 100 valence electrons. The predicted octanol–water partition coefficient (Wildman–Crippen LogP) is 2.10. The molecular formula is C13H20BrN3O. The van der Waals surface area contributed by atoms with Gasteiger partial charge < -0.3 is 15.4 Å². The molecule has 2 heterocycles. The molecule has 2 N–H and O–H groups in total. The van der Waals surface area contributed by atoms with E-state index in [0.29, 0.717) is 18.7 Å². The summed E-state index contributed by atoms with van der Waals surface area (Å²) >= 11 is 3.60. The van der Waals surface area contributed by atoms with Crippen molar-refractivity contribution in [3.63, 3.8) is 0 Å². The average molecular weight is 314 g/mol. The van der Waals surface area contributed by atoms with E-state index >= 15 is 0 Å². The summed E-state index contributed by atoms with van der Waals surface area (Å²) in [4.78, 5) is 6.82. The third kappa shape index (κ3) is 2.84. The first kappa shape index (κ1) is 13.8. The third-order valence-electron chi connectivity index (χ3n) is 3.50. The SMILES string of the molecule is COC1CCN(c2ncc(C)cc2Br)C(CN)C1. The maximum Gasteiger partial charge on any atom is 0.143 e. The highest BCUT2D eigenvalue weighted by Crippen LogP contribution is 2.30. The van der Waals surface area contributed by atoms with Crippen LogP contribution in [0.25, 0.3) is 0 Å². The molecule has 4 nitrogen and oxygen atoms in total. The fraction of sp³-hybridized carbons (Fsp3) is 0.615. The van der Waals surface area contributed by atoms with Gasteiger partial charge in [-0.15, -0.1) is 0 Å². The van der Waals surface area contributed by atoms with Crippen LogP contribution in [0.3, 0.4) is 0 Å². The van der Waals surface area contributed by atoms with Gasteiger partial charge >= 0.3 is 0 Å². The zero-order valence-corrected chi connectivity index (χ0v) is 12.5. The number of rotatable bonds is 3. The summed E-state index contributed by atoms with van der Waals surface area (Å²) in [6.45, 7) is 3.61. The van der Waals surface area contributed by atoms with Gasteiger partial charge in [-0.3, -0.25) is 0 Å². The van der Waals surface area contributed by atoms with Crippen molar-refractivity contribution >= 4 is 21.7 Å². The number of hydrogen-bond acceptors (Lipinski definition) is 4. The van der Waals surface area contributed by atoms with Crippen molar-refractivity contribution in [3.05, 3.63) is 22.3 Å². The predicted molar refractivity (Wildman–Crippen MR) is 76.9 cm³/mol. The van der Waals surface area contributed by atoms with Crippen LogP contribution >= 0.6 is 15.9 Å². The van der Waals surface area contributed by atoms with Crippen LogP contribution < -0.4 is 10.6 Å². The minimum atomic E-state index is 0.301. The Hall–Kier alpha value is -0.650. The van der Waals surface area contributed by atoms with Gasteiger partial charge in [0.25, 0.3) is 0 Å². The van der Waals surface area contributed by atoms with Gasteiger partial charge in [0, 0.05) is 32.4 Å². The Kier molecular flexibility index (Phi) is 4.59. The minimum Gasteiger partial charge on any atom is -0.381 e. The lowest BCUT2D eigenvalue weighted by Gasteiger charge is -2.39. The zero-order chi connectivity index (χ0) is 13.1. The summed E-state index contributed by atoms with van der Waals surface area (Å²) in [5, 5.41) is 0. The number of methoxy groups -OCH3 is 1. The highest BCUT2D eigenvalue weighted by molar-refractivity contribution is 9.10. The van der Waals surface area contributed by atoms with Crippen molar-refractivity contribution in [2.45, 2.75) is 31.9 Å². The van der Waals surface area contributed by atoms with Gasteiger partial charge in [-0.05, 0) is 47.3 Å². The Labute approximate surface area is 117 Å². The van der Waals surface area contributed by atoms with E-state index in [9.17, 15) is 0 Å². The maximum atomic E-state index is 5.89. The van der Waals surface area contributed by atoms with E-state index in [1.807, 2.05) is 13.1 Å². The minimum absolute atomic E-state index is 0.301. The molecule has 1 aliphatic rings. The number of aromatic nitrogens is 1. The van der Waals surface area contributed by atoms with Crippen molar-refractivity contribution in [3.8, 4) is 0 Å². The first-order valence-corrected chi connectivity index (χ1v) is 7.06. The smallest absolute Gasteiger partial charge is 0.143 e. The number of anilines is 1. The van der Waals surface area contributed by atoms with Gasteiger partial charge in [-0.25, -0.2) is 4.98 Å². The second kappa shape index (κ2) is 5.99. The maximum absolute atomic E-state index is 5.89. The van der Waals surface area contributed by atoms with Crippen LogP contribution in [0.1, 0.15) is 18.4 Å². The van der Waals surface area contributed by atoms with Gasteiger partial charge in [0.2, 0.25) is 0 Å². The molecule has 2 unspecified atom stereocenters. The van der Waals surface area contributed by atoms with Crippen molar-refractivity contribution in [2.75, 3.05) is 25.1 Å². The van der Waals surface area contributed by atoms with Crippen molar-refractivity contribution in [1.82, 2.24) is 4.98 Å². The van der Waals surface area contributed by atoms with E-state index in [4.69, 9.17) is 10.5 Å². The van der Waals surface area contributed by atoms with Gasteiger partial charge in [0.15, 0.2) is 0 Å². The van der Waals surface area contributed by atoms with E-state index in [2.05, 4.69) is 31.9 Å². The van der Waals surface area contributed by atoms with Crippen molar-refractivity contribution < 1.29 is 4.74 Å². The number of piperidine rings is 1. The molecule has 1 aromatic heterocycles. The summed E-state index contributed by atoms with van der Waals surface area (Å²) < 4.78 is 6.48. The van der Waals surface area contributed by atoms with Crippen molar-refractivity contribution in [1.29, 1.82) is 0 Å². The van der Waals surface area contributed by atoms with E-state index in [1.165, 1.54) is 0 Å². The third-order valence-corrected chi connectivity index (χ3v) is 4.09. The molecule has 1 saturated heterocycles.